The Morgan fingerprint density at radius 1 is 1.36 bits per heavy atom. The quantitative estimate of drug-likeness (QED) is 0.640. The molecule has 28 heavy (non-hydrogen) atoms. The molecule has 154 valence electrons. The summed E-state index contributed by atoms with van der Waals surface area (Å²) in [5, 5.41) is 9.57. The largest absolute Gasteiger partial charge is 0.481 e. The van der Waals surface area contributed by atoms with Gasteiger partial charge in [-0.15, -0.1) is 0 Å². The van der Waals surface area contributed by atoms with Gasteiger partial charge in [-0.25, -0.2) is 0 Å². The summed E-state index contributed by atoms with van der Waals surface area (Å²) >= 11 is 0. The lowest BCUT2D eigenvalue weighted by Gasteiger charge is -2.31. The first-order valence-electron chi connectivity index (χ1n) is 10.2. The topological polar surface area (TPSA) is 66.8 Å². The van der Waals surface area contributed by atoms with E-state index in [0.717, 1.165) is 19.3 Å². The standard InChI is InChI=1S/C23H33NO4/c1-15(2)7-6-8-16(3)9-11-22(4,5)13-24-14-23-12-10-17(28-23)18(21(26)27)19(23)20(24)25/h7,9-10,12,17-19H,6,8,11,13-14H2,1-5H3,(H,26,27)/b16-9+/t17-,18+,19+,23-/m0/s1. The van der Waals surface area contributed by atoms with Crippen molar-refractivity contribution in [1.82, 2.24) is 4.90 Å². The molecule has 2 fully saturated rings. The smallest absolute Gasteiger partial charge is 0.310 e. The molecule has 5 heteroatoms. The van der Waals surface area contributed by atoms with Crippen LogP contribution < -0.4 is 0 Å². The molecule has 3 heterocycles. The third-order valence-electron chi connectivity index (χ3n) is 6.18. The summed E-state index contributed by atoms with van der Waals surface area (Å²) in [7, 11) is 0. The molecule has 1 spiro atoms. The molecule has 2 saturated heterocycles. The number of amides is 1. The van der Waals surface area contributed by atoms with Gasteiger partial charge in [-0.2, -0.15) is 0 Å². The lowest BCUT2D eigenvalue weighted by atomic mass is 9.77. The van der Waals surface area contributed by atoms with Crippen LogP contribution in [0.1, 0.15) is 53.9 Å². The Labute approximate surface area is 168 Å². The van der Waals surface area contributed by atoms with Crippen LogP contribution in [-0.4, -0.2) is 46.7 Å². The second-order valence-electron chi connectivity index (χ2n) is 9.67. The van der Waals surface area contributed by atoms with E-state index in [9.17, 15) is 14.7 Å². The number of carboxylic acids is 1. The van der Waals surface area contributed by atoms with Crippen LogP contribution >= 0.6 is 0 Å². The molecule has 3 rings (SSSR count). The van der Waals surface area contributed by atoms with Gasteiger partial charge in [0.1, 0.15) is 11.5 Å². The maximum Gasteiger partial charge on any atom is 0.310 e. The molecule has 0 radical (unpaired) electrons. The van der Waals surface area contributed by atoms with Crippen molar-refractivity contribution in [3.05, 3.63) is 35.5 Å². The molecule has 5 nitrogen and oxygen atoms in total. The summed E-state index contributed by atoms with van der Waals surface area (Å²) in [4.78, 5) is 26.5. The Bertz CT molecular complexity index is 744. The molecule has 0 aromatic carbocycles. The third-order valence-corrected chi connectivity index (χ3v) is 6.18. The van der Waals surface area contributed by atoms with Gasteiger partial charge in [0.25, 0.3) is 0 Å². The molecule has 3 aliphatic heterocycles. The summed E-state index contributed by atoms with van der Waals surface area (Å²) < 4.78 is 5.96. The number of nitrogens with zero attached hydrogens (tertiary/aromatic N) is 1. The van der Waals surface area contributed by atoms with Crippen LogP contribution in [0.3, 0.4) is 0 Å². The van der Waals surface area contributed by atoms with Crippen LogP contribution in [0, 0.1) is 17.3 Å². The molecular formula is C23H33NO4. The fourth-order valence-corrected chi connectivity index (χ4v) is 4.72. The lowest BCUT2D eigenvalue weighted by Crippen LogP contribution is -2.40. The Morgan fingerprint density at radius 2 is 2.07 bits per heavy atom. The van der Waals surface area contributed by atoms with Crippen molar-refractivity contribution in [2.75, 3.05) is 13.1 Å². The van der Waals surface area contributed by atoms with Gasteiger partial charge >= 0.3 is 5.97 Å². The van der Waals surface area contributed by atoms with Crippen molar-refractivity contribution in [1.29, 1.82) is 0 Å². The van der Waals surface area contributed by atoms with Crippen molar-refractivity contribution in [2.24, 2.45) is 17.3 Å². The number of carbonyl (C=O) groups is 2. The van der Waals surface area contributed by atoms with Gasteiger partial charge in [-0.3, -0.25) is 9.59 Å². The minimum absolute atomic E-state index is 0.0726. The molecule has 0 aromatic rings. The average molecular weight is 388 g/mol. The van der Waals surface area contributed by atoms with E-state index < -0.39 is 29.5 Å². The number of allylic oxidation sites excluding steroid dienone is 4. The zero-order valence-corrected chi connectivity index (χ0v) is 17.7. The highest BCUT2D eigenvalue weighted by atomic mass is 16.5. The minimum atomic E-state index is -0.939. The zero-order valence-electron chi connectivity index (χ0n) is 17.7. The van der Waals surface area contributed by atoms with Crippen LogP contribution in [0.5, 0.6) is 0 Å². The van der Waals surface area contributed by atoms with Crippen LogP contribution in [0.2, 0.25) is 0 Å². The van der Waals surface area contributed by atoms with Gasteiger partial charge in [-0.05, 0) is 45.4 Å². The molecular weight excluding hydrogens is 354 g/mol. The maximum atomic E-state index is 13.0. The van der Waals surface area contributed by atoms with Gasteiger partial charge in [-0.1, -0.05) is 49.3 Å². The van der Waals surface area contributed by atoms with E-state index in [-0.39, 0.29) is 11.3 Å². The number of rotatable bonds is 8. The van der Waals surface area contributed by atoms with Crippen LogP contribution in [0.15, 0.2) is 35.5 Å². The highest BCUT2D eigenvalue weighted by Gasteiger charge is 2.67. The van der Waals surface area contributed by atoms with Crippen molar-refractivity contribution < 1.29 is 19.4 Å². The first-order valence-corrected chi connectivity index (χ1v) is 10.2. The van der Waals surface area contributed by atoms with Crippen molar-refractivity contribution in [3.8, 4) is 0 Å². The normalized spacial score (nSPS) is 31.5. The van der Waals surface area contributed by atoms with Gasteiger partial charge in [0.15, 0.2) is 0 Å². The number of hydrogen-bond donors (Lipinski definition) is 1. The molecule has 4 atom stereocenters. The Kier molecular flexibility index (Phi) is 5.59. The van der Waals surface area contributed by atoms with E-state index >= 15 is 0 Å². The van der Waals surface area contributed by atoms with E-state index in [2.05, 4.69) is 46.8 Å². The molecule has 0 saturated carbocycles. The average Bonchev–Trinajstić information content (AvgIpc) is 3.21. The summed E-state index contributed by atoms with van der Waals surface area (Å²) in [6, 6.07) is 0. The van der Waals surface area contributed by atoms with Crippen molar-refractivity contribution in [3.63, 3.8) is 0 Å². The lowest BCUT2D eigenvalue weighted by molar-refractivity contribution is -0.148. The predicted octanol–water partition coefficient (Wildman–Crippen LogP) is 3.96. The first kappa shape index (κ1) is 20.8. The highest BCUT2D eigenvalue weighted by Crippen LogP contribution is 2.52. The molecule has 1 amide bonds. The molecule has 3 aliphatic rings. The molecule has 0 aromatic heterocycles. The second kappa shape index (κ2) is 7.51. The number of ether oxygens (including phenoxy) is 1. The minimum Gasteiger partial charge on any atom is -0.481 e. The van der Waals surface area contributed by atoms with Gasteiger partial charge in [0.2, 0.25) is 5.91 Å². The highest BCUT2D eigenvalue weighted by molar-refractivity contribution is 5.90. The van der Waals surface area contributed by atoms with Gasteiger partial charge in [0.05, 0.1) is 18.6 Å². The van der Waals surface area contributed by atoms with E-state index in [1.807, 2.05) is 17.1 Å². The molecule has 0 unspecified atom stereocenters. The number of hydrogen-bond acceptors (Lipinski definition) is 3. The second-order valence-corrected chi connectivity index (χ2v) is 9.67. The zero-order chi connectivity index (χ0) is 20.7. The van der Waals surface area contributed by atoms with Gasteiger partial charge in [0, 0.05) is 6.54 Å². The third kappa shape index (κ3) is 3.95. The Hall–Kier alpha value is -1.88. The number of carbonyl (C=O) groups excluding carboxylic acids is 1. The fourth-order valence-electron chi connectivity index (χ4n) is 4.72. The SMILES string of the molecule is CC(C)=CCC/C(C)=C/CC(C)(C)CN1C[C@]23C=C[C@H](O2)[C@@H](C(=O)O)[C@@H]3C1=O. The maximum absolute atomic E-state index is 13.0. The molecule has 0 aliphatic carbocycles. The van der Waals surface area contributed by atoms with E-state index in [0.29, 0.717) is 13.1 Å². The Morgan fingerprint density at radius 3 is 2.71 bits per heavy atom. The number of fused-ring (bicyclic) bond motifs is 1. The first-order chi connectivity index (χ1) is 13.0. The van der Waals surface area contributed by atoms with Gasteiger partial charge < -0.3 is 14.7 Å². The summed E-state index contributed by atoms with van der Waals surface area (Å²) in [6.07, 6.45) is 10.8. The monoisotopic (exact) mass is 387 g/mol. The Balaban J connectivity index is 1.62. The number of carboxylic acid groups (broad SMARTS) is 1. The van der Waals surface area contributed by atoms with Crippen LogP contribution in [0.4, 0.5) is 0 Å². The molecule has 1 N–H and O–H groups in total. The van der Waals surface area contributed by atoms with Crippen molar-refractivity contribution >= 4 is 11.9 Å². The number of aliphatic carboxylic acids is 1. The fraction of sp³-hybridized carbons (Fsp3) is 0.652. The van der Waals surface area contributed by atoms with E-state index in [1.54, 1.807) is 0 Å². The molecule has 2 bridgehead atoms. The van der Waals surface area contributed by atoms with E-state index in [4.69, 9.17) is 4.74 Å². The number of likely N-dealkylation sites (tertiary alicyclic amines) is 1. The van der Waals surface area contributed by atoms with Crippen LogP contribution in [0.25, 0.3) is 0 Å². The summed E-state index contributed by atoms with van der Waals surface area (Å²) in [5.74, 6) is -2.36. The van der Waals surface area contributed by atoms with E-state index in [1.165, 1.54) is 11.1 Å². The summed E-state index contributed by atoms with van der Waals surface area (Å²) in [6.45, 7) is 11.8. The predicted molar refractivity (Wildman–Crippen MR) is 109 cm³/mol. The van der Waals surface area contributed by atoms with Crippen LogP contribution in [-0.2, 0) is 14.3 Å². The van der Waals surface area contributed by atoms with Crippen molar-refractivity contribution in [2.45, 2.75) is 65.6 Å². The summed E-state index contributed by atoms with van der Waals surface area (Å²) in [5.41, 5.74) is 1.89.